The van der Waals surface area contributed by atoms with E-state index in [9.17, 15) is 9.18 Å². The minimum atomic E-state index is -0.379. The number of aryl methyl sites for hydroxylation is 1. The van der Waals surface area contributed by atoms with Crippen LogP contribution in [-0.4, -0.2) is 12.4 Å². The zero-order chi connectivity index (χ0) is 14.7. The maximum absolute atomic E-state index is 13.3. The van der Waals surface area contributed by atoms with Crippen LogP contribution in [0.2, 0.25) is 10.0 Å². The van der Waals surface area contributed by atoms with Crippen LogP contribution < -0.4 is 4.74 Å². The Bertz CT molecular complexity index is 656. The number of ether oxygens (including phenoxy) is 1. The Hall–Kier alpha value is -1.58. The van der Waals surface area contributed by atoms with Gasteiger partial charge in [0.25, 0.3) is 0 Å². The summed E-state index contributed by atoms with van der Waals surface area (Å²) in [7, 11) is 0. The third kappa shape index (κ3) is 3.50. The summed E-state index contributed by atoms with van der Waals surface area (Å²) in [6, 6.07) is 9.04. The zero-order valence-corrected chi connectivity index (χ0v) is 12.1. The molecule has 2 rings (SSSR count). The molecule has 0 radical (unpaired) electrons. The van der Waals surface area contributed by atoms with Crippen molar-refractivity contribution in [3.63, 3.8) is 0 Å². The summed E-state index contributed by atoms with van der Waals surface area (Å²) in [4.78, 5) is 12.0. The molecule has 0 unspecified atom stereocenters. The van der Waals surface area contributed by atoms with Crippen molar-refractivity contribution < 1.29 is 13.9 Å². The van der Waals surface area contributed by atoms with Crippen molar-refractivity contribution in [2.45, 2.75) is 6.92 Å². The minimum absolute atomic E-state index is 0.234. The van der Waals surface area contributed by atoms with Crippen LogP contribution in [0.1, 0.15) is 15.9 Å². The first kappa shape index (κ1) is 14.8. The molecule has 0 aliphatic carbocycles. The quantitative estimate of drug-likeness (QED) is 0.765. The number of Topliss-reactive ketones (excluding diaryl/α,β-unsaturated/α-hetero) is 1. The molecule has 2 aromatic rings. The van der Waals surface area contributed by atoms with Gasteiger partial charge in [0.15, 0.2) is 6.61 Å². The summed E-state index contributed by atoms with van der Waals surface area (Å²) >= 11 is 11.7. The smallest absolute Gasteiger partial charge is 0.201 e. The second kappa shape index (κ2) is 6.25. The van der Waals surface area contributed by atoms with Crippen LogP contribution in [0.5, 0.6) is 5.75 Å². The van der Waals surface area contributed by atoms with Crippen LogP contribution in [0.4, 0.5) is 4.39 Å². The fourth-order valence-corrected chi connectivity index (χ4v) is 2.00. The molecule has 104 valence electrons. The van der Waals surface area contributed by atoms with Crippen LogP contribution in [-0.2, 0) is 0 Å². The molecule has 0 bridgehead atoms. The second-order valence-corrected chi connectivity index (χ2v) is 5.09. The predicted molar refractivity (Wildman–Crippen MR) is 77.4 cm³/mol. The van der Waals surface area contributed by atoms with Gasteiger partial charge in [-0.1, -0.05) is 29.3 Å². The van der Waals surface area contributed by atoms with Gasteiger partial charge >= 0.3 is 0 Å². The van der Waals surface area contributed by atoms with Crippen molar-refractivity contribution in [2.24, 2.45) is 0 Å². The van der Waals surface area contributed by atoms with Gasteiger partial charge < -0.3 is 4.74 Å². The van der Waals surface area contributed by atoms with Gasteiger partial charge in [-0.15, -0.1) is 0 Å². The van der Waals surface area contributed by atoms with E-state index in [0.717, 1.165) is 0 Å². The zero-order valence-electron chi connectivity index (χ0n) is 10.6. The number of benzene rings is 2. The molecule has 0 spiro atoms. The number of carbonyl (C=O) groups is 1. The Morgan fingerprint density at radius 1 is 1.20 bits per heavy atom. The van der Waals surface area contributed by atoms with Crippen LogP contribution in [0.25, 0.3) is 0 Å². The lowest BCUT2D eigenvalue weighted by Gasteiger charge is -2.08. The third-order valence-corrected chi connectivity index (χ3v) is 3.31. The van der Waals surface area contributed by atoms with Crippen molar-refractivity contribution in [3.8, 4) is 5.75 Å². The SMILES string of the molecule is Cc1ccc(OCC(=O)c2cc(Cl)ccc2Cl)cc1F. The van der Waals surface area contributed by atoms with Gasteiger partial charge in [0, 0.05) is 16.7 Å². The summed E-state index contributed by atoms with van der Waals surface area (Å²) in [5.41, 5.74) is 0.799. The number of ketones is 1. The van der Waals surface area contributed by atoms with Crippen LogP contribution in [0, 0.1) is 12.7 Å². The molecule has 2 nitrogen and oxygen atoms in total. The number of carbonyl (C=O) groups excluding carboxylic acids is 1. The van der Waals surface area contributed by atoms with E-state index in [4.69, 9.17) is 27.9 Å². The monoisotopic (exact) mass is 312 g/mol. The summed E-state index contributed by atoms with van der Waals surface area (Å²) in [5.74, 6) is -0.408. The third-order valence-electron chi connectivity index (χ3n) is 2.74. The van der Waals surface area contributed by atoms with Gasteiger partial charge in [0.05, 0.1) is 5.02 Å². The summed E-state index contributed by atoms with van der Waals surface area (Å²) in [6.07, 6.45) is 0. The predicted octanol–water partition coefficient (Wildman–Crippen LogP) is 4.70. The molecule has 0 aromatic heterocycles. The van der Waals surface area contributed by atoms with E-state index in [0.29, 0.717) is 21.4 Å². The van der Waals surface area contributed by atoms with Crippen LogP contribution in [0.15, 0.2) is 36.4 Å². The lowest BCUT2D eigenvalue weighted by atomic mass is 10.1. The van der Waals surface area contributed by atoms with Crippen molar-refractivity contribution in [2.75, 3.05) is 6.61 Å². The van der Waals surface area contributed by atoms with Crippen molar-refractivity contribution in [3.05, 3.63) is 63.4 Å². The molecule has 0 fully saturated rings. The number of rotatable bonds is 4. The van der Waals surface area contributed by atoms with Gasteiger partial charge in [-0.25, -0.2) is 4.39 Å². The molecule has 0 saturated carbocycles. The number of hydrogen-bond donors (Lipinski definition) is 0. The highest BCUT2D eigenvalue weighted by Crippen LogP contribution is 2.22. The molecular weight excluding hydrogens is 302 g/mol. The first-order chi connectivity index (χ1) is 9.47. The van der Waals surface area contributed by atoms with E-state index >= 15 is 0 Å². The van der Waals surface area contributed by atoms with E-state index in [-0.39, 0.29) is 23.8 Å². The van der Waals surface area contributed by atoms with Crippen molar-refractivity contribution in [1.29, 1.82) is 0 Å². The lowest BCUT2D eigenvalue weighted by molar-refractivity contribution is 0.0921. The largest absolute Gasteiger partial charge is 0.485 e. The molecule has 0 aliphatic rings. The lowest BCUT2D eigenvalue weighted by Crippen LogP contribution is -2.12. The maximum atomic E-state index is 13.3. The molecule has 0 N–H and O–H groups in total. The normalized spacial score (nSPS) is 10.4. The van der Waals surface area contributed by atoms with E-state index in [1.807, 2.05) is 0 Å². The van der Waals surface area contributed by atoms with E-state index in [1.54, 1.807) is 31.2 Å². The van der Waals surface area contributed by atoms with Gasteiger partial charge in [-0.2, -0.15) is 0 Å². The molecule has 2 aromatic carbocycles. The average Bonchev–Trinajstić information content (AvgIpc) is 2.42. The Kier molecular flexibility index (Phi) is 4.63. The molecule has 0 amide bonds. The average molecular weight is 313 g/mol. The Morgan fingerprint density at radius 3 is 2.65 bits per heavy atom. The molecular formula is C15H11Cl2FO2. The van der Waals surface area contributed by atoms with E-state index < -0.39 is 0 Å². The highest BCUT2D eigenvalue weighted by Gasteiger charge is 2.12. The first-order valence-corrected chi connectivity index (χ1v) is 6.60. The molecule has 0 heterocycles. The van der Waals surface area contributed by atoms with Gasteiger partial charge in [0.2, 0.25) is 5.78 Å². The number of hydrogen-bond acceptors (Lipinski definition) is 2. The first-order valence-electron chi connectivity index (χ1n) is 5.84. The summed E-state index contributed by atoms with van der Waals surface area (Å²) in [6.45, 7) is 1.42. The van der Waals surface area contributed by atoms with Crippen LogP contribution in [0.3, 0.4) is 0 Å². The van der Waals surface area contributed by atoms with Gasteiger partial charge in [0.1, 0.15) is 11.6 Å². The fraction of sp³-hybridized carbons (Fsp3) is 0.133. The van der Waals surface area contributed by atoms with Crippen molar-refractivity contribution >= 4 is 29.0 Å². The van der Waals surface area contributed by atoms with Crippen molar-refractivity contribution in [1.82, 2.24) is 0 Å². The number of halogens is 3. The maximum Gasteiger partial charge on any atom is 0.201 e. The highest BCUT2D eigenvalue weighted by molar-refractivity contribution is 6.35. The Labute approximate surface area is 126 Å². The van der Waals surface area contributed by atoms with Gasteiger partial charge in [-0.05, 0) is 36.8 Å². The standard InChI is InChI=1S/C15H11Cl2FO2/c1-9-2-4-11(7-14(9)18)20-8-15(19)12-6-10(16)3-5-13(12)17/h2-7H,8H2,1H3. The van der Waals surface area contributed by atoms with Gasteiger partial charge in [-0.3, -0.25) is 4.79 Å². The minimum Gasteiger partial charge on any atom is -0.485 e. The molecule has 0 aliphatic heterocycles. The van der Waals surface area contributed by atoms with E-state index in [2.05, 4.69) is 0 Å². The summed E-state index contributed by atoms with van der Waals surface area (Å²) < 4.78 is 18.6. The van der Waals surface area contributed by atoms with E-state index in [1.165, 1.54) is 12.1 Å². The molecule has 5 heteroatoms. The topological polar surface area (TPSA) is 26.3 Å². The fourth-order valence-electron chi connectivity index (χ4n) is 1.60. The highest BCUT2D eigenvalue weighted by atomic mass is 35.5. The second-order valence-electron chi connectivity index (χ2n) is 4.25. The molecule has 20 heavy (non-hydrogen) atoms. The summed E-state index contributed by atoms with van der Waals surface area (Å²) in [5, 5.41) is 0.720. The Balaban J connectivity index is 2.08. The van der Waals surface area contributed by atoms with Crippen LogP contribution >= 0.6 is 23.2 Å². The Morgan fingerprint density at radius 2 is 1.95 bits per heavy atom. The molecule has 0 atom stereocenters. The molecule has 0 saturated heterocycles.